The predicted molar refractivity (Wildman–Crippen MR) is 96.5 cm³/mol. The molecule has 7 nitrogen and oxygen atoms in total. The molecule has 0 bridgehead atoms. The zero-order valence-electron chi connectivity index (χ0n) is 15.9. The number of hydrogen-bond donors (Lipinski definition) is 0. The van der Waals surface area contributed by atoms with Crippen LogP contribution in [0.15, 0.2) is 18.2 Å². The Balaban J connectivity index is 3.06. The number of allylic oxidation sites excluding steroid dienone is 1. The van der Waals surface area contributed by atoms with Crippen molar-refractivity contribution >= 4 is 18.0 Å². The molecule has 0 N–H and O–H groups in total. The summed E-state index contributed by atoms with van der Waals surface area (Å²) in [6.07, 6.45) is 3.55. The molecule has 0 spiro atoms. The summed E-state index contributed by atoms with van der Waals surface area (Å²) in [5.74, 6) is -0.552. The topological polar surface area (TPSA) is 80.3 Å². The maximum absolute atomic E-state index is 12.0. The van der Waals surface area contributed by atoms with Crippen LogP contribution in [0.4, 0.5) is 0 Å². The first-order valence-corrected chi connectivity index (χ1v) is 8.32. The second-order valence-electron chi connectivity index (χ2n) is 5.14. The molecule has 1 rings (SSSR count). The molecule has 0 saturated heterocycles. The van der Waals surface area contributed by atoms with E-state index in [9.17, 15) is 9.59 Å². The van der Waals surface area contributed by atoms with Crippen molar-refractivity contribution < 1.29 is 33.3 Å². The summed E-state index contributed by atoms with van der Waals surface area (Å²) in [5.41, 5.74) is 0.669. The summed E-state index contributed by atoms with van der Waals surface area (Å²) >= 11 is 0. The van der Waals surface area contributed by atoms with Gasteiger partial charge in [0.25, 0.3) is 0 Å². The van der Waals surface area contributed by atoms with E-state index in [1.807, 2.05) is 0 Å². The van der Waals surface area contributed by atoms with E-state index in [1.54, 1.807) is 45.2 Å². The fourth-order valence-corrected chi connectivity index (χ4v) is 2.29. The zero-order chi connectivity index (χ0) is 19.5. The summed E-state index contributed by atoms with van der Waals surface area (Å²) in [6.45, 7) is 3.75. The molecule has 0 amide bonds. The van der Waals surface area contributed by atoms with E-state index in [2.05, 4.69) is 0 Å². The molecular weight excluding hydrogens is 340 g/mol. The number of ether oxygens (including phenoxy) is 5. The van der Waals surface area contributed by atoms with Gasteiger partial charge in [0, 0.05) is 12.1 Å². The van der Waals surface area contributed by atoms with Gasteiger partial charge < -0.3 is 23.7 Å². The van der Waals surface area contributed by atoms with E-state index in [4.69, 9.17) is 23.7 Å². The van der Waals surface area contributed by atoms with Crippen molar-refractivity contribution in [1.29, 1.82) is 0 Å². The van der Waals surface area contributed by atoms with Crippen molar-refractivity contribution in [3.63, 3.8) is 0 Å². The third-order valence-electron chi connectivity index (χ3n) is 3.55. The summed E-state index contributed by atoms with van der Waals surface area (Å²) in [5, 5.41) is 0. The first-order chi connectivity index (χ1) is 12.5. The van der Waals surface area contributed by atoms with Crippen LogP contribution in [0.1, 0.15) is 25.8 Å². The lowest BCUT2D eigenvalue weighted by Gasteiger charge is -2.14. The lowest BCUT2D eigenvalue weighted by Crippen LogP contribution is -2.27. The minimum Gasteiger partial charge on any atom is -0.496 e. The van der Waals surface area contributed by atoms with Gasteiger partial charge in [0.1, 0.15) is 17.2 Å². The second kappa shape index (κ2) is 11.0. The van der Waals surface area contributed by atoms with Gasteiger partial charge >= 0.3 is 11.9 Å². The summed E-state index contributed by atoms with van der Waals surface area (Å²) in [7, 11) is 4.62. The number of carbonyl (C=O) groups is 2. The normalized spacial score (nSPS) is 10.7. The molecule has 144 valence electrons. The van der Waals surface area contributed by atoms with Crippen molar-refractivity contribution in [2.24, 2.45) is 5.92 Å². The number of methoxy groups -OCH3 is 3. The molecule has 0 heterocycles. The van der Waals surface area contributed by atoms with Crippen molar-refractivity contribution in [3.05, 3.63) is 23.8 Å². The fourth-order valence-electron chi connectivity index (χ4n) is 2.29. The van der Waals surface area contributed by atoms with E-state index >= 15 is 0 Å². The van der Waals surface area contributed by atoms with Gasteiger partial charge in [0.05, 0.1) is 40.1 Å². The monoisotopic (exact) mass is 366 g/mol. The molecule has 7 heteroatoms. The van der Waals surface area contributed by atoms with E-state index < -0.39 is 17.9 Å². The number of benzene rings is 1. The molecule has 0 unspecified atom stereocenters. The molecule has 26 heavy (non-hydrogen) atoms. The SMILES string of the molecule is CCOC(=O)C(C/C=C/c1c(OC)cc(OC)cc1OC)C(=O)OCC. The highest BCUT2D eigenvalue weighted by molar-refractivity contribution is 5.95. The number of hydrogen-bond acceptors (Lipinski definition) is 7. The molecule has 0 aliphatic heterocycles. The van der Waals surface area contributed by atoms with Crippen LogP contribution in [0.5, 0.6) is 17.2 Å². The highest BCUT2D eigenvalue weighted by atomic mass is 16.6. The van der Waals surface area contributed by atoms with E-state index in [0.717, 1.165) is 0 Å². The second-order valence-corrected chi connectivity index (χ2v) is 5.14. The molecule has 0 aromatic heterocycles. The summed E-state index contributed by atoms with van der Waals surface area (Å²) < 4.78 is 25.8. The standard InChI is InChI=1S/C19H26O7/c1-6-25-18(20)15(19(21)26-7-2)10-8-9-14-16(23-4)11-13(22-3)12-17(14)24-5/h8-9,11-12,15H,6-7,10H2,1-5H3/b9-8+. The van der Waals surface area contributed by atoms with Gasteiger partial charge in [0.15, 0.2) is 5.92 Å². The molecule has 1 aromatic rings. The third kappa shape index (κ3) is 5.68. The molecule has 0 radical (unpaired) electrons. The smallest absolute Gasteiger partial charge is 0.320 e. The Labute approximate surface area is 153 Å². The van der Waals surface area contributed by atoms with Gasteiger partial charge in [-0.3, -0.25) is 9.59 Å². The molecule has 0 atom stereocenters. The first kappa shape index (κ1) is 21.3. The quantitative estimate of drug-likeness (QED) is 0.465. The number of carbonyl (C=O) groups excluding carboxylic acids is 2. The van der Waals surface area contributed by atoms with Gasteiger partial charge in [0.2, 0.25) is 0 Å². The van der Waals surface area contributed by atoms with Crippen molar-refractivity contribution in [3.8, 4) is 17.2 Å². The zero-order valence-corrected chi connectivity index (χ0v) is 15.9. The maximum atomic E-state index is 12.0. The predicted octanol–water partition coefficient (Wildman–Crippen LogP) is 2.86. The van der Waals surface area contributed by atoms with Crippen molar-refractivity contribution in [2.45, 2.75) is 20.3 Å². The lowest BCUT2D eigenvalue weighted by atomic mass is 10.0. The third-order valence-corrected chi connectivity index (χ3v) is 3.55. The molecule has 0 fully saturated rings. The summed E-state index contributed by atoms with van der Waals surface area (Å²) in [4.78, 5) is 24.0. The average molecular weight is 366 g/mol. The van der Waals surface area contributed by atoms with Crippen molar-refractivity contribution in [1.82, 2.24) is 0 Å². The molecule has 0 saturated carbocycles. The largest absolute Gasteiger partial charge is 0.496 e. The van der Waals surface area contributed by atoms with Crippen LogP contribution in [0.2, 0.25) is 0 Å². The molecular formula is C19H26O7. The van der Waals surface area contributed by atoms with Gasteiger partial charge in [-0.25, -0.2) is 0 Å². The Hall–Kier alpha value is -2.70. The first-order valence-electron chi connectivity index (χ1n) is 8.32. The number of esters is 2. The van der Waals surface area contributed by atoms with Crippen LogP contribution in [0.3, 0.4) is 0 Å². The Morgan fingerprint density at radius 3 is 1.81 bits per heavy atom. The van der Waals surface area contributed by atoms with Crippen LogP contribution < -0.4 is 14.2 Å². The van der Waals surface area contributed by atoms with E-state index in [1.165, 1.54) is 14.2 Å². The van der Waals surface area contributed by atoms with Gasteiger partial charge in [-0.05, 0) is 20.3 Å². The van der Waals surface area contributed by atoms with Crippen LogP contribution in [-0.2, 0) is 19.1 Å². The van der Waals surface area contributed by atoms with Gasteiger partial charge in [-0.15, -0.1) is 0 Å². The average Bonchev–Trinajstić information content (AvgIpc) is 2.64. The highest BCUT2D eigenvalue weighted by Gasteiger charge is 2.28. The fraction of sp³-hybridized carbons (Fsp3) is 0.474. The summed E-state index contributed by atoms with van der Waals surface area (Å²) in [6, 6.07) is 3.44. The molecule has 0 aliphatic rings. The Morgan fingerprint density at radius 2 is 1.42 bits per heavy atom. The highest BCUT2D eigenvalue weighted by Crippen LogP contribution is 2.35. The Kier molecular flexibility index (Phi) is 9.05. The van der Waals surface area contributed by atoms with Crippen molar-refractivity contribution in [2.75, 3.05) is 34.5 Å². The van der Waals surface area contributed by atoms with Crippen LogP contribution in [-0.4, -0.2) is 46.5 Å². The van der Waals surface area contributed by atoms with Crippen LogP contribution >= 0.6 is 0 Å². The number of rotatable bonds is 10. The lowest BCUT2D eigenvalue weighted by molar-refractivity contribution is -0.161. The molecule has 0 aliphatic carbocycles. The van der Waals surface area contributed by atoms with Crippen LogP contribution in [0.25, 0.3) is 6.08 Å². The van der Waals surface area contributed by atoms with Gasteiger partial charge in [-0.2, -0.15) is 0 Å². The molecule has 1 aromatic carbocycles. The van der Waals surface area contributed by atoms with E-state index in [-0.39, 0.29) is 19.6 Å². The maximum Gasteiger partial charge on any atom is 0.320 e. The Bertz CT molecular complexity index is 594. The Morgan fingerprint density at radius 1 is 0.923 bits per heavy atom. The van der Waals surface area contributed by atoms with Gasteiger partial charge in [-0.1, -0.05) is 12.2 Å². The minimum atomic E-state index is -1.01. The van der Waals surface area contributed by atoms with E-state index in [0.29, 0.717) is 22.8 Å². The minimum absolute atomic E-state index is 0.135. The van der Waals surface area contributed by atoms with Crippen LogP contribution in [0, 0.1) is 5.92 Å².